The summed E-state index contributed by atoms with van der Waals surface area (Å²) in [7, 11) is 1.60. The summed E-state index contributed by atoms with van der Waals surface area (Å²) in [4.78, 5) is 26.3. The summed E-state index contributed by atoms with van der Waals surface area (Å²) in [5.74, 6) is 1.70. The molecule has 0 aliphatic carbocycles. The third kappa shape index (κ3) is 7.71. The van der Waals surface area contributed by atoms with Crippen LogP contribution in [0.25, 0.3) is 0 Å². The van der Waals surface area contributed by atoms with E-state index in [1.54, 1.807) is 7.11 Å². The maximum atomic E-state index is 13.3. The number of benzene rings is 4. The zero-order chi connectivity index (χ0) is 26.7. The minimum Gasteiger partial charge on any atom is -0.497 e. The topological polar surface area (TPSA) is 76.7 Å². The molecule has 0 saturated heterocycles. The van der Waals surface area contributed by atoms with E-state index in [9.17, 15) is 9.59 Å². The summed E-state index contributed by atoms with van der Waals surface area (Å²) in [6.45, 7) is 1.93. The van der Waals surface area contributed by atoms with Crippen LogP contribution in [0.4, 0.5) is 0 Å². The summed E-state index contributed by atoms with van der Waals surface area (Å²) in [6, 6.07) is 33.2. The molecule has 0 spiro atoms. The first kappa shape index (κ1) is 26.5. The van der Waals surface area contributed by atoms with Crippen LogP contribution in [0.2, 0.25) is 0 Å². The third-order valence-corrected chi connectivity index (χ3v) is 6.18. The largest absolute Gasteiger partial charge is 0.497 e. The molecule has 2 amide bonds. The van der Waals surface area contributed by atoms with Gasteiger partial charge < -0.3 is 20.1 Å². The molecule has 2 atom stereocenters. The number of para-hydroxylation sites is 1. The number of nitrogens with one attached hydrogen (secondary N) is 2. The van der Waals surface area contributed by atoms with E-state index in [1.807, 2.05) is 116 Å². The number of amides is 2. The van der Waals surface area contributed by atoms with Gasteiger partial charge in [-0.05, 0) is 60.0 Å². The van der Waals surface area contributed by atoms with Crippen LogP contribution in [0.1, 0.15) is 29.7 Å². The zero-order valence-corrected chi connectivity index (χ0v) is 21.6. The van der Waals surface area contributed by atoms with Crippen molar-refractivity contribution < 1.29 is 19.1 Å². The SMILES string of the molecule is COc1ccc(CC(=O)NC(Cc2ccc(Oc3ccccc3)cc2)C(=O)NC(C)c2ccccc2)cc1. The van der Waals surface area contributed by atoms with Gasteiger partial charge in [-0.15, -0.1) is 0 Å². The van der Waals surface area contributed by atoms with E-state index in [1.165, 1.54) is 0 Å². The molecule has 2 unspecified atom stereocenters. The smallest absolute Gasteiger partial charge is 0.243 e. The average Bonchev–Trinajstić information content (AvgIpc) is 2.95. The molecule has 0 heterocycles. The van der Waals surface area contributed by atoms with E-state index in [0.29, 0.717) is 12.2 Å². The summed E-state index contributed by atoms with van der Waals surface area (Å²) in [5.41, 5.74) is 2.73. The molecule has 0 aliphatic heterocycles. The number of hydrogen-bond acceptors (Lipinski definition) is 4. The van der Waals surface area contributed by atoms with Crippen molar-refractivity contribution in [1.82, 2.24) is 10.6 Å². The molecule has 38 heavy (non-hydrogen) atoms. The lowest BCUT2D eigenvalue weighted by Gasteiger charge is -2.22. The van der Waals surface area contributed by atoms with Gasteiger partial charge >= 0.3 is 0 Å². The molecule has 4 aromatic rings. The highest BCUT2D eigenvalue weighted by Crippen LogP contribution is 2.22. The predicted octanol–water partition coefficient (Wildman–Crippen LogP) is 5.63. The van der Waals surface area contributed by atoms with Crippen LogP contribution in [0.3, 0.4) is 0 Å². The molecule has 2 N–H and O–H groups in total. The molecule has 194 valence electrons. The van der Waals surface area contributed by atoms with Gasteiger partial charge in [-0.3, -0.25) is 9.59 Å². The average molecular weight is 509 g/mol. The van der Waals surface area contributed by atoms with E-state index in [-0.39, 0.29) is 24.3 Å². The Morgan fingerprint density at radius 1 is 0.684 bits per heavy atom. The Morgan fingerprint density at radius 2 is 1.24 bits per heavy atom. The fraction of sp³-hybridized carbons (Fsp3) is 0.188. The molecule has 0 aliphatic rings. The van der Waals surface area contributed by atoms with Crippen molar-refractivity contribution in [3.8, 4) is 17.2 Å². The number of carbonyl (C=O) groups is 2. The van der Waals surface area contributed by atoms with Gasteiger partial charge in [0.1, 0.15) is 23.3 Å². The second kappa shape index (κ2) is 13.1. The summed E-state index contributed by atoms with van der Waals surface area (Å²) in [6.07, 6.45) is 0.499. The first-order valence-corrected chi connectivity index (χ1v) is 12.6. The summed E-state index contributed by atoms with van der Waals surface area (Å²) in [5, 5.41) is 5.99. The Morgan fingerprint density at radius 3 is 1.87 bits per heavy atom. The van der Waals surface area contributed by atoms with E-state index >= 15 is 0 Å². The van der Waals surface area contributed by atoms with Crippen molar-refractivity contribution in [2.75, 3.05) is 7.11 Å². The molecule has 4 aromatic carbocycles. The molecule has 4 rings (SSSR count). The third-order valence-electron chi connectivity index (χ3n) is 6.18. The number of methoxy groups -OCH3 is 1. The lowest BCUT2D eigenvalue weighted by molar-refractivity contribution is -0.129. The standard InChI is InChI=1S/C32H32N2O4/c1-23(26-9-5-3-6-10-26)33-32(36)30(34-31(35)22-25-13-17-27(37-2)18-14-25)21-24-15-19-29(20-16-24)38-28-11-7-4-8-12-28/h3-20,23,30H,21-22H2,1-2H3,(H,33,36)(H,34,35). The monoisotopic (exact) mass is 508 g/mol. The van der Waals surface area contributed by atoms with Gasteiger partial charge in [0.05, 0.1) is 19.6 Å². The van der Waals surface area contributed by atoms with Crippen LogP contribution in [0.15, 0.2) is 109 Å². The van der Waals surface area contributed by atoms with Crippen molar-refractivity contribution in [3.63, 3.8) is 0 Å². The highest BCUT2D eigenvalue weighted by molar-refractivity contribution is 5.88. The molecule has 0 radical (unpaired) electrons. The van der Waals surface area contributed by atoms with Gasteiger partial charge in [-0.25, -0.2) is 0 Å². The van der Waals surface area contributed by atoms with E-state index in [0.717, 1.165) is 28.2 Å². The van der Waals surface area contributed by atoms with Gasteiger partial charge in [0, 0.05) is 6.42 Å². The van der Waals surface area contributed by atoms with Crippen molar-refractivity contribution in [3.05, 3.63) is 126 Å². The number of rotatable bonds is 11. The summed E-state index contributed by atoms with van der Waals surface area (Å²) >= 11 is 0. The molecule has 0 fully saturated rings. The Kier molecular flexibility index (Phi) is 9.13. The number of hydrogen-bond donors (Lipinski definition) is 2. The summed E-state index contributed by atoms with van der Waals surface area (Å²) < 4.78 is 11.1. The molecular weight excluding hydrogens is 476 g/mol. The van der Waals surface area contributed by atoms with Crippen LogP contribution >= 0.6 is 0 Å². The quantitative estimate of drug-likeness (QED) is 0.275. The van der Waals surface area contributed by atoms with Crippen molar-refractivity contribution >= 4 is 11.8 Å². The normalized spacial score (nSPS) is 12.2. The van der Waals surface area contributed by atoms with E-state index in [2.05, 4.69) is 10.6 Å². The van der Waals surface area contributed by atoms with Crippen molar-refractivity contribution in [2.45, 2.75) is 31.8 Å². The minimum atomic E-state index is -0.743. The fourth-order valence-corrected chi connectivity index (χ4v) is 4.08. The maximum Gasteiger partial charge on any atom is 0.243 e. The van der Waals surface area contributed by atoms with Gasteiger partial charge in [0.25, 0.3) is 0 Å². The highest BCUT2D eigenvalue weighted by Gasteiger charge is 2.23. The molecule has 6 heteroatoms. The second-order valence-electron chi connectivity index (χ2n) is 9.05. The second-order valence-corrected chi connectivity index (χ2v) is 9.05. The first-order valence-electron chi connectivity index (χ1n) is 12.6. The van der Waals surface area contributed by atoms with Gasteiger partial charge in [0.2, 0.25) is 11.8 Å². The van der Waals surface area contributed by atoms with Gasteiger partial charge in [0.15, 0.2) is 0 Å². The van der Waals surface area contributed by atoms with Crippen LogP contribution in [0, 0.1) is 0 Å². The van der Waals surface area contributed by atoms with Crippen LogP contribution in [-0.2, 0) is 22.4 Å². The number of ether oxygens (including phenoxy) is 2. The zero-order valence-electron chi connectivity index (χ0n) is 21.6. The van der Waals surface area contributed by atoms with Crippen molar-refractivity contribution in [1.29, 1.82) is 0 Å². The molecule has 0 aromatic heterocycles. The lowest BCUT2D eigenvalue weighted by atomic mass is 10.0. The van der Waals surface area contributed by atoms with Crippen LogP contribution < -0.4 is 20.1 Å². The van der Waals surface area contributed by atoms with Gasteiger partial charge in [-0.2, -0.15) is 0 Å². The van der Waals surface area contributed by atoms with Crippen LogP contribution in [0.5, 0.6) is 17.2 Å². The molecular formula is C32H32N2O4. The Labute approximate surface area is 223 Å². The fourth-order valence-electron chi connectivity index (χ4n) is 4.08. The van der Waals surface area contributed by atoms with E-state index < -0.39 is 6.04 Å². The Balaban J connectivity index is 1.45. The van der Waals surface area contributed by atoms with Gasteiger partial charge in [-0.1, -0.05) is 72.8 Å². The van der Waals surface area contributed by atoms with E-state index in [4.69, 9.17) is 9.47 Å². The first-order chi connectivity index (χ1) is 18.5. The highest BCUT2D eigenvalue weighted by atomic mass is 16.5. The van der Waals surface area contributed by atoms with Crippen molar-refractivity contribution in [2.24, 2.45) is 0 Å². The lowest BCUT2D eigenvalue weighted by Crippen LogP contribution is -2.49. The number of carbonyl (C=O) groups excluding carboxylic acids is 2. The minimum absolute atomic E-state index is 0.159. The van der Waals surface area contributed by atoms with Crippen LogP contribution in [-0.4, -0.2) is 25.0 Å². The Hall–Kier alpha value is -4.58. The Bertz CT molecular complexity index is 1310. The maximum absolute atomic E-state index is 13.3. The molecule has 0 saturated carbocycles. The predicted molar refractivity (Wildman–Crippen MR) is 148 cm³/mol. The molecule has 6 nitrogen and oxygen atoms in total. The molecule has 0 bridgehead atoms.